The van der Waals surface area contributed by atoms with E-state index in [1.807, 2.05) is 42.5 Å². The number of benzene rings is 2. The molecule has 2 aromatic carbocycles. The fourth-order valence-corrected chi connectivity index (χ4v) is 6.42. The third-order valence-corrected chi connectivity index (χ3v) is 8.20. The van der Waals surface area contributed by atoms with Gasteiger partial charge in [0.15, 0.2) is 11.5 Å². The van der Waals surface area contributed by atoms with Crippen molar-refractivity contribution in [2.75, 3.05) is 13.1 Å². The van der Waals surface area contributed by atoms with Gasteiger partial charge >= 0.3 is 0 Å². The third-order valence-electron chi connectivity index (χ3n) is 8.20. The van der Waals surface area contributed by atoms with E-state index in [0.717, 1.165) is 62.2 Å². The average molecular weight is 584 g/mol. The summed E-state index contributed by atoms with van der Waals surface area (Å²) in [5.74, 6) is -1.64. The number of rotatable bonds is 7. The van der Waals surface area contributed by atoms with Crippen LogP contribution in [0.25, 0.3) is 11.1 Å². The lowest BCUT2D eigenvalue weighted by molar-refractivity contribution is -0.00940. The summed E-state index contributed by atoms with van der Waals surface area (Å²) < 4.78 is 20.0. The number of ether oxygens (including phenoxy) is 1. The molecule has 1 amide bonds. The summed E-state index contributed by atoms with van der Waals surface area (Å²) >= 11 is 0. The zero-order valence-electron chi connectivity index (χ0n) is 23.5. The topological polar surface area (TPSA) is 118 Å². The van der Waals surface area contributed by atoms with Gasteiger partial charge in [-0.1, -0.05) is 42.5 Å². The van der Waals surface area contributed by atoms with E-state index in [1.54, 1.807) is 0 Å². The number of aromatic hydroxyl groups is 1. The van der Waals surface area contributed by atoms with Crippen molar-refractivity contribution in [1.29, 1.82) is 0 Å². The number of aromatic nitrogens is 1. The van der Waals surface area contributed by atoms with Crippen LogP contribution in [0.3, 0.4) is 0 Å². The van der Waals surface area contributed by atoms with Gasteiger partial charge in [-0.05, 0) is 51.2 Å². The van der Waals surface area contributed by atoms with E-state index < -0.39 is 11.7 Å². The van der Waals surface area contributed by atoms with Gasteiger partial charge in [-0.15, -0.1) is 12.4 Å². The van der Waals surface area contributed by atoms with Crippen molar-refractivity contribution in [3.05, 3.63) is 71.7 Å². The van der Waals surface area contributed by atoms with E-state index in [9.17, 15) is 14.3 Å². The Hall–Kier alpha value is -3.24. The lowest BCUT2D eigenvalue weighted by Gasteiger charge is -2.49. The summed E-state index contributed by atoms with van der Waals surface area (Å²) in [7, 11) is 0. The Labute approximate surface area is 246 Å². The summed E-state index contributed by atoms with van der Waals surface area (Å²) in [6.07, 6.45) is 5.37. The Bertz CT molecular complexity index is 1340. The van der Waals surface area contributed by atoms with E-state index >= 15 is 0 Å². The van der Waals surface area contributed by atoms with Gasteiger partial charge in [-0.25, -0.2) is 9.37 Å². The second-order valence-corrected chi connectivity index (χ2v) is 11.2. The number of phenolic OH excluding ortho intramolecular Hbond substituents is 1. The van der Waals surface area contributed by atoms with Crippen molar-refractivity contribution >= 4 is 18.3 Å². The number of halogens is 2. The Balaban J connectivity index is 0.00000387. The molecule has 2 atom stereocenters. The molecule has 0 unspecified atom stereocenters. The van der Waals surface area contributed by atoms with Crippen LogP contribution in [0, 0.1) is 5.82 Å². The molecule has 2 heterocycles. The number of carbonyl (C=O) groups excluding carboxylic acids is 1. The van der Waals surface area contributed by atoms with Gasteiger partial charge in [0.25, 0.3) is 5.91 Å². The van der Waals surface area contributed by atoms with Crippen molar-refractivity contribution in [2.24, 2.45) is 11.5 Å². The van der Waals surface area contributed by atoms with Gasteiger partial charge in [-0.3, -0.25) is 14.6 Å². The maximum Gasteiger partial charge on any atom is 0.254 e. The highest BCUT2D eigenvalue weighted by Gasteiger charge is 2.36. The van der Waals surface area contributed by atoms with Gasteiger partial charge < -0.3 is 21.3 Å². The molecule has 1 saturated carbocycles. The molecule has 0 bridgehead atoms. The van der Waals surface area contributed by atoms with Gasteiger partial charge in [0.1, 0.15) is 11.4 Å². The monoisotopic (exact) mass is 583 g/mol. The third kappa shape index (κ3) is 6.81. The minimum absolute atomic E-state index is 0. The first-order valence-corrected chi connectivity index (χ1v) is 14.0. The fourth-order valence-electron chi connectivity index (χ4n) is 6.42. The number of amides is 1. The van der Waals surface area contributed by atoms with Crippen LogP contribution in [-0.4, -0.2) is 63.1 Å². The van der Waals surface area contributed by atoms with Gasteiger partial charge in [0.2, 0.25) is 5.88 Å². The Kier molecular flexibility index (Phi) is 9.86. The van der Waals surface area contributed by atoms with Crippen LogP contribution in [0.4, 0.5) is 4.39 Å². The summed E-state index contributed by atoms with van der Waals surface area (Å²) in [6.45, 7) is 6.77. The van der Waals surface area contributed by atoms with Crippen LogP contribution in [-0.2, 0) is 6.54 Å². The average Bonchev–Trinajstić information content (AvgIpc) is 2.92. The SMILES string of the molecule is C[C@@H]1CN(Cc2ccc(-c3ccccc3)c(O)c2Oc2ncc(F)cc2C(N)=O)C[C@H](C)N1C1CCC(N)CC1.Cl. The number of nitrogens with zero attached hydrogens (tertiary/aromatic N) is 3. The number of primary amides is 1. The first-order valence-electron chi connectivity index (χ1n) is 14.0. The summed E-state index contributed by atoms with van der Waals surface area (Å²) in [5.41, 5.74) is 13.6. The number of hydrogen-bond donors (Lipinski definition) is 3. The van der Waals surface area contributed by atoms with Crippen molar-refractivity contribution < 1.29 is 19.0 Å². The molecule has 2 aliphatic rings. The Morgan fingerprint density at radius 1 is 1.07 bits per heavy atom. The number of carbonyl (C=O) groups is 1. The number of hydrogen-bond acceptors (Lipinski definition) is 7. The van der Waals surface area contributed by atoms with E-state index in [4.69, 9.17) is 16.2 Å². The summed E-state index contributed by atoms with van der Waals surface area (Å²) in [4.78, 5) is 21.0. The largest absolute Gasteiger partial charge is 0.504 e. The first-order chi connectivity index (χ1) is 19.2. The van der Waals surface area contributed by atoms with Crippen LogP contribution in [0.15, 0.2) is 54.7 Å². The Morgan fingerprint density at radius 2 is 1.73 bits per heavy atom. The zero-order chi connectivity index (χ0) is 28.4. The van der Waals surface area contributed by atoms with E-state index in [0.29, 0.717) is 36.3 Å². The molecule has 5 N–H and O–H groups in total. The Morgan fingerprint density at radius 3 is 2.37 bits per heavy atom. The number of piperazine rings is 1. The lowest BCUT2D eigenvalue weighted by Crippen LogP contribution is -2.60. The maximum absolute atomic E-state index is 13.9. The molecule has 1 aliphatic heterocycles. The van der Waals surface area contributed by atoms with Crippen molar-refractivity contribution in [3.63, 3.8) is 0 Å². The molecule has 0 radical (unpaired) electrons. The van der Waals surface area contributed by atoms with Crippen molar-refractivity contribution in [3.8, 4) is 28.5 Å². The summed E-state index contributed by atoms with van der Waals surface area (Å²) in [5, 5.41) is 11.5. The molecule has 1 aromatic heterocycles. The lowest BCUT2D eigenvalue weighted by atomic mass is 9.88. The van der Waals surface area contributed by atoms with Gasteiger partial charge in [0.05, 0.1) is 6.20 Å². The highest BCUT2D eigenvalue weighted by atomic mass is 35.5. The molecule has 220 valence electrons. The molecule has 1 saturated heterocycles. The standard InChI is InChI=1S/C31H38FN5O3.ClH/c1-19-16-36(17-20(2)37(19)25-11-9-24(33)10-12-25)18-22-8-13-26(21-6-4-3-5-7-21)28(38)29(22)40-31-27(30(34)39)14-23(32)15-35-31;/h3-8,13-15,19-20,24-25,38H,9-12,16-18,33H2,1-2H3,(H2,34,39);1H/t19-,20+,24?,25?;. The van der Waals surface area contributed by atoms with E-state index in [2.05, 4.69) is 28.6 Å². The maximum atomic E-state index is 13.9. The van der Waals surface area contributed by atoms with E-state index in [-0.39, 0.29) is 35.3 Å². The predicted molar refractivity (Wildman–Crippen MR) is 160 cm³/mol. The normalized spacial score (nSPS) is 23.5. The van der Waals surface area contributed by atoms with E-state index in [1.165, 1.54) is 0 Å². The first kappa shape index (κ1) is 30.7. The molecular formula is C31H39ClFN5O3. The number of phenols is 1. The van der Waals surface area contributed by atoms with Crippen LogP contribution in [0.5, 0.6) is 17.4 Å². The van der Waals surface area contributed by atoms with Gasteiger partial charge in [-0.2, -0.15) is 0 Å². The molecular weight excluding hydrogens is 545 g/mol. The fraction of sp³-hybridized carbons (Fsp3) is 0.419. The molecule has 1 aliphatic carbocycles. The van der Waals surface area contributed by atoms with Crippen molar-refractivity contribution in [2.45, 2.75) is 70.2 Å². The number of pyridine rings is 1. The van der Waals surface area contributed by atoms with Crippen LogP contribution in [0.1, 0.15) is 55.5 Å². The minimum atomic E-state index is -0.871. The predicted octanol–water partition coefficient (Wildman–Crippen LogP) is 5.07. The van der Waals surface area contributed by atoms with Crippen molar-refractivity contribution in [1.82, 2.24) is 14.8 Å². The molecule has 8 nitrogen and oxygen atoms in total. The molecule has 5 rings (SSSR count). The van der Waals surface area contributed by atoms with Gasteiger partial charge in [0, 0.05) is 54.9 Å². The van der Waals surface area contributed by atoms with Crippen LogP contribution < -0.4 is 16.2 Å². The zero-order valence-corrected chi connectivity index (χ0v) is 24.3. The molecule has 41 heavy (non-hydrogen) atoms. The second-order valence-electron chi connectivity index (χ2n) is 11.2. The van der Waals surface area contributed by atoms with Crippen LogP contribution >= 0.6 is 12.4 Å². The molecule has 10 heteroatoms. The molecule has 2 fully saturated rings. The summed E-state index contributed by atoms with van der Waals surface area (Å²) in [6, 6.07) is 15.8. The number of nitrogens with two attached hydrogens (primary N) is 2. The molecule has 3 aromatic rings. The quantitative estimate of drug-likeness (QED) is 0.355. The second kappa shape index (κ2) is 13.2. The smallest absolute Gasteiger partial charge is 0.254 e. The molecule has 0 spiro atoms. The van der Waals surface area contributed by atoms with Crippen LogP contribution in [0.2, 0.25) is 0 Å². The highest BCUT2D eigenvalue weighted by Crippen LogP contribution is 2.43. The minimum Gasteiger partial charge on any atom is -0.504 e. The highest BCUT2D eigenvalue weighted by molar-refractivity contribution is 5.95.